The molecule has 0 aliphatic rings. The van der Waals surface area contributed by atoms with Gasteiger partial charge in [-0.15, -0.1) is 0 Å². The van der Waals surface area contributed by atoms with Gasteiger partial charge < -0.3 is 15.8 Å². The second kappa shape index (κ2) is 7.63. The van der Waals surface area contributed by atoms with E-state index in [9.17, 15) is 4.79 Å². The Kier molecular flexibility index (Phi) is 7.34. The highest BCUT2D eigenvalue weighted by molar-refractivity contribution is 5.76. The standard InChI is InChI=1S/C12H26N2O2/c1-5-12(3,8-9-13)14-11(15)7-6-10(2)16-4/h10H,5-9,13H2,1-4H3,(H,14,15). The Hall–Kier alpha value is -0.610. The monoisotopic (exact) mass is 230 g/mol. The second-order valence-corrected chi connectivity index (χ2v) is 4.59. The Morgan fingerprint density at radius 3 is 2.62 bits per heavy atom. The summed E-state index contributed by atoms with van der Waals surface area (Å²) in [5, 5.41) is 3.05. The first-order valence-corrected chi connectivity index (χ1v) is 6.01. The molecule has 96 valence electrons. The van der Waals surface area contributed by atoms with E-state index in [2.05, 4.69) is 12.2 Å². The van der Waals surface area contributed by atoms with Gasteiger partial charge in [0, 0.05) is 19.1 Å². The molecule has 16 heavy (non-hydrogen) atoms. The topological polar surface area (TPSA) is 64.3 Å². The quantitative estimate of drug-likeness (QED) is 0.663. The van der Waals surface area contributed by atoms with Crippen molar-refractivity contribution in [2.75, 3.05) is 13.7 Å². The molecule has 0 aliphatic carbocycles. The summed E-state index contributed by atoms with van der Waals surface area (Å²) in [7, 11) is 1.66. The molecule has 4 heteroatoms. The van der Waals surface area contributed by atoms with Gasteiger partial charge in [0.05, 0.1) is 6.10 Å². The molecule has 0 aromatic heterocycles. The van der Waals surface area contributed by atoms with Gasteiger partial charge in [0.2, 0.25) is 5.91 Å². The van der Waals surface area contributed by atoms with Crippen LogP contribution in [0.15, 0.2) is 0 Å². The highest BCUT2D eigenvalue weighted by Gasteiger charge is 2.23. The summed E-state index contributed by atoms with van der Waals surface area (Å²) in [6, 6.07) is 0. The minimum Gasteiger partial charge on any atom is -0.382 e. The van der Waals surface area contributed by atoms with Crippen LogP contribution in [0.2, 0.25) is 0 Å². The number of carbonyl (C=O) groups excluding carboxylic acids is 1. The molecule has 2 atom stereocenters. The first-order valence-electron chi connectivity index (χ1n) is 6.01. The van der Waals surface area contributed by atoms with E-state index in [0.29, 0.717) is 13.0 Å². The van der Waals surface area contributed by atoms with E-state index in [1.54, 1.807) is 7.11 Å². The highest BCUT2D eigenvalue weighted by Crippen LogP contribution is 2.14. The predicted octanol–water partition coefficient (Wildman–Crippen LogP) is 1.44. The molecule has 0 bridgehead atoms. The summed E-state index contributed by atoms with van der Waals surface area (Å²) in [6.45, 7) is 6.66. The largest absolute Gasteiger partial charge is 0.382 e. The van der Waals surface area contributed by atoms with Crippen LogP contribution in [0, 0.1) is 0 Å². The zero-order chi connectivity index (χ0) is 12.6. The van der Waals surface area contributed by atoms with Crippen LogP contribution in [-0.2, 0) is 9.53 Å². The molecule has 0 saturated heterocycles. The fourth-order valence-corrected chi connectivity index (χ4v) is 1.50. The van der Waals surface area contributed by atoms with Crippen molar-refractivity contribution in [3.8, 4) is 0 Å². The molecule has 0 aromatic carbocycles. The van der Waals surface area contributed by atoms with Crippen molar-refractivity contribution < 1.29 is 9.53 Å². The number of methoxy groups -OCH3 is 1. The Labute approximate surface area is 98.9 Å². The van der Waals surface area contributed by atoms with Crippen molar-refractivity contribution >= 4 is 5.91 Å². The molecule has 0 heterocycles. The third-order valence-corrected chi connectivity index (χ3v) is 3.10. The smallest absolute Gasteiger partial charge is 0.220 e. The number of carbonyl (C=O) groups is 1. The van der Waals surface area contributed by atoms with Crippen molar-refractivity contribution in [1.29, 1.82) is 0 Å². The van der Waals surface area contributed by atoms with Crippen molar-refractivity contribution in [1.82, 2.24) is 5.32 Å². The van der Waals surface area contributed by atoms with E-state index in [1.807, 2.05) is 13.8 Å². The van der Waals surface area contributed by atoms with Gasteiger partial charge in [0.15, 0.2) is 0 Å². The Balaban J connectivity index is 4.01. The number of hydrogen-bond acceptors (Lipinski definition) is 3. The average molecular weight is 230 g/mol. The van der Waals surface area contributed by atoms with E-state index in [1.165, 1.54) is 0 Å². The molecular formula is C12H26N2O2. The molecule has 0 spiro atoms. The van der Waals surface area contributed by atoms with Crippen LogP contribution in [0.5, 0.6) is 0 Å². The maximum absolute atomic E-state index is 11.7. The van der Waals surface area contributed by atoms with Gasteiger partial charge in [-0.05, 0) is 39.7 Å². The maximum Gasteiger partial charge on any atom is 0.220 e. The number of nitrogens with two attached hydrogens (primary N) is 1. The fraction of sp³-hybridized carbons (Fsp3) is 0.917. The van der Waals surface area contributed by atoms with Gasteiger partial charge in [-0.1, -0.05) is 6.92 Å². The lowest BCUT2D eigenvalue weighted by Gasteiger charge is -2.29. The van der Waals surface area contributed by atoms with Crippen LogP contribution >= 0.6 is 0 Å². The molecule has 0 saturated carbocycles. The summed E-state index contributed by atoms with van der Waals surface area (Å²) in [4.78, 5) is 11.7. The van der Waals surface area contributed by atoms with E-state index in [-0.39, 0.29) is 17.6 Å². The zero-order valence-corrected chi connectivity index (χ0v) is 11.0. The van der Waals surface area contributed by atoms with Crippen molar-refractivity contribution in [3.05, 3.63) is 0 Å². The highest BCUT2D eigenvalue weighted by atomic mass is 16.5. The van der Waals surface area contributed by atoms with Gasteiger partial charge in [0.25, 0.3) is 0 Å². The number of ether oxygens (including phenoxy) is 1. The third kappa shape index (κ3) is 6.08. The van der Waals surface area contributed by atoms with Gasteiger partial charge in [-0.25, -0.2) is 0 Å². The predicted molar refractivity (Wildman–Crippen MR) is 66.2 cm³/mol. The molecule has 1 amide bonds. The van der Waals surface area contributed by atoms with Crippen LogP contribution in [0.4, 0.5) is 0 Å². The maximum atomic E-state index is 11.7. The van der Waals surface area contributed by atoms with E-state index in [4.69, 9.17) is 10.5 Å². The first kappa shape index (κ1) is 15.4. The summed E-state index contributed by atoms with van der Waals surface area (Å²) in [5.41, 5.74) is 5.37. The molecule has 0 radical (unpaired) electrons. The third-order valence-electron chi connectivity index (χ3n) is 3.10. The Bertz CT molecular complexity index is 209. The van der Waals surface area contributed by atoms with Gasteiger partial charge >= 0.3 is 0 Å². The fourth-order valence-electron chi connectivity index (χ4n) is 1.50. The zero-order valence-electron chi connectivity index (χ0n) is 11.0. The van der Waals surface area contributed by atoms with Gasteiger partial charge in [-0.3, -0.25) is 4.79 Å². The first-order chi connectivity index (χ1) is 7.47. The Morgan fingerprint density at radius 1 is 1.56 bits per heavy atom. The molecule has 0 aliphatic heterocycles. The summed E-state index contributed by atoms with van der Waals surface area (Å²) >= 11 is 0. The normalized spacial score (nSPS) is 16.6. The SMILES string of the molecule is CCC(C)(CCN)NC(=O)CCC(C)OC. The molecule has 4 nitrogen and oxygen atoms in total. The lowest BCUT2D eigenvalue weighted by atomic mass is 9.94. The van der Waals surface area contributed by atoms with Crippen LogP contribution in [0.1, 0.15) is 46.5 Å². The summed E-state index contributed by atoms with van der Waals surface area (Å²) in [5.74, 6) is 0.0849. The average Bonchev–Trinajstić information content (AvgIpc) is 2.26. The molecule has 0 rings (SSSR count). The van der Waals surface area contributed by atoms with Crippen LogP contribution < -0.4 is 11.1 Å². The second-order valence-electron chi connectivity index (χ2n) is 4.59. The minimum absolute atomic E-state index is 0.0849. The van der Waals surface area contributed by atoms with Crippen LogP contribution in [0.3, 0.4) is 0 Å². The van der Waals surface area contributed by atoms with E-state index in [0.717, 1.165) is 19.3 Å². The van der Waals surface area contributed by atoms with E-state index >= 15 is 0 Å². The van der Waals surface area contributed by atoms with Crippen LogP contribution in [0.25, 0.3) is 0 Å². The number of hydrogen-bond donors (Lipinski definition) is 2. The number of nitrogens with one attached hydrogen (secondary N) is 1. The van der Waals surface area contributed by atoms with Gasteiger partial charge in [0.1, 0.15) is 0 Å². The number of rotatable bonds is 8. The molecule has 3 N–H and O–H groups in total. The lowest BCUT2D eigenvalue weighted by Crippen LogP contribution is -2.46. The summed E-state index contributed by atoms with van der Waals surface area (Å²) in [6.07, 6.45) is 3.11. The van der Waals surface area contributed by atoms with Crippen molar-refractivity contribution in [2.45, 2.75) is 58.1 Å². The van der Waals surface area contributed by atoms with Crippen LogP contribution in [-0.4, -0.2) is 31.2 Å². The van der Waals surface area contributed by atoms with Crippen molar-refractivity contribution in [3.63, 3.8) is 0 Å². The number of amides is 1. The molecular weight excluding hydrogens is 204 g/mol. The lowest BCUT2D eigenvalue weighted by molar-refractivity contribution is -0.123. The summed E-state index contributed by atoms with van der Waals surface area (Å²) < 4.78 is 5.10. The molecule has 0 fully saturated rings. The molecule has 0 aromatic rings. The Morgan fingerprint density at radius 2 is 2.19 bits per heavy atom. The minimum atomic E-state index is -0.165. The van der Waals surface area contributed by atoms with Crippen molar-refractivity contribution in [2.24, 2.45) is 5.73 Å². The molecule has 2 unspecified atom stereocenters. The van der Waals surface area contributed by atoms with Gasteiger partial charge in [-0.2, -0.15) is 0 Å². The van der Waals surface area contributed by atoms with E-state index < -0.39 is 0 Å².